The molecule has 3 N–H and O–H groups in total. The lowest BCUT2D eigenvalue weighted by molar-refractivity contribution is 0.390. The number of benzene rings is 1. The highest BCUT2D eigenvalue weighted by Gasteiger charge is 2.84. The molecule has 20 heavy (non-hydrogen) atoms. The smallest absolute Gasteiger partial charge is 0.119 e. The monoisotopic (exact) mass is 274 g/mol. The van der Waals surface area contributed by atoms with Gasteiger partial charge in [-0.2, -0.15) is 0 Å². The highest BCUT2D eigenvalue weighted by Crippen LogP contribution is 2.80. The Bertz CT molecular complexity index is 556. The second-order valence-electron chi connectivity index (χ2n) is 6.51. The van der Waals surface area contributed by atoms with Gasteiger partial charge in [0.2, 0.25) is 0 Å². The number of nitrogens with one attached hydrogen (secondary N) is 1. The molecular formula is C17H23FN2. The van der Waals surface area contributed by atoms with Crippen molar-refractivity contribution in [2.24, 2.45) is 5.41 Å². The minimum atomic E-state index is -0.794. The summed E-state index contributed by atoms with van der Waals surface area (Å²) in [6, 6.07) is 6.23. The fourth-order valence-corrected chi connectivity index (χ4v) is 3.01. The number of hydrogen-bond donors (Lipinski definition) is 2. The van der Waals surface area contributed by atoms with Gasteiger partial charge in [0.15, 0.2) is 0 Å². The lowest BCUT2D eigenvalue weighted by atomic mass is 10.1. The molecule has 3 rings (SSSR count). The van der Waals surface area contributed by atoms with Gasteiger partial charge >= 0.3 is 0 Å². The van der Waals surface area contributed by atoms with Gasteiger partial charge in [0.1, 0.15) is 5.67 Å². The van der Waals surface area contributed by atoms with Crippen molar-refractivity contribution >= 4 is 11.8 Å². The highest BCUT2D eigenvalue weighted by molar-refractivity contribution is 5.66. The van der Waals surface area contributed by atoms with Crippen LogP contribution in [-0.2, 0) is 6.42 Å². The van der Waals surface area contributed by atoms with E-state index in [2.05, 4.69) is 37.4 Å². The maximum atomic E-state index is 13.5. The summed E-state index contributed by atoms with van der Waals surface area (Å²) in [5.41, 5.74) is 9.66. The van der Waals surface area contributed by atoms with Gasteiger partial charge in [-0.1, -0.05) is 30.7 Å². The van der Waals surface area contributed by atoms with Gasteiger partial charge in [0.05, 0.1) is 0 Å². The van der Waals surface area contributed by atoms with E-state index in [0.29, 0.717) is 0 Å². The van der Waals surface area contributed by atoms with Gasteiger partial charge in [-0.25, -0.2) is 4.39 Å². The zero-order valence-corrected chi connectivity index (χ0v) is 12.3. The van der Waals surface area contributed by atoms with E-state index >= 15 is 0 Å². The lowest BCUT2D eigenvalue weighted by Gasteiger charge is -2.08. The van der Waals surface area contributed by atoms with Crippen LogP contribution in [0.1, 0.15) is 37.8 Å². The first kappa shape index (κ1) is 13.6. The van der Waals surface area contributed by atoms with Gasteiger partial charge < -0.3 is 11.1 Å². The number of halogens is 1. The van der Waals surface area contributed by atoms with Crippen LogP contribution in [0.2, 0.25) is 0 Å². The van der Waals surface area contributed by atoms with E-state index in [1.54, 1.807) is 0 Å². The van der Waals surface area contributed by atoms with Crippen molar-refractivity contribution in [3.63, 3.8) is 0 Å². The van der Waals surface area contributed by atoms with Crippen molar-refractivity contribution < 1.29 is 4.39 Å². The number of fused-ring (bicyclic) bond motifs is 1. The Balaban J connectivity index is 1.54. The number of hydrogen-bond acceptors (Lipinski definition) is 2. The predicted octanol–water partition coefficient (Wildman–Crippen LogP) is 3.33. The van der Waals surface area contributed by atoms with Crippen molar-refractivity contribution in [1.82, 2.24) is 5.32 Å². The molecule has 1 aromatic carbocycles. The van der Waals surface area contributed by atoms with E-state index in [1.165, 1.54) is 11.1 Å². The van der Waals surface area contributed by atoms with Gasteiger partial charge in [0, 0.05) is 24.2 Å². The van der Waals surface area contributed by atoms with E-state index in [0.717, 1.165) is 43.6 Å². The lowest BCUT2D eigenvalue weighted by Crippen LogP contribution is -2.21. The summed E-state index contributed by atoms with van der Waals surface area (Å²) >= 11 is 0. The minimum Gasteiger partial charge on any atom is -0.398 e. The molecule has 2 saturated carbocycles. The molecule has 0 aromatic heterocycles. The first-order chi connectivity index (χ1) is 9.48. The summed E-state index contributed by atoms with van der Waals surface area (Å²) in [4.78, 5) is 0. The number of alkyl halides is 1. The van der Waals surface area contributed by atoms with Crippen molar-refractivity contribution in [2.75, 3.05) is 18.8 Å². The van der Waals surface area contributed by atoms with Crippen LogP contribution in [0, 0.1) is 5.41 Å². The standard InChI is InChI=1S/C17H23FN2/c1-3-13-4-5-14(15(19)7-13)6-12(2)8-20-11-16-9-17(16,18)10-16/h4-7,20H,3,8-11,19H2,1-2H3/b12-6+. The molecule has 0 unspecified atom stereocenters. The van der Waals surface area contributed by atoms with E-state index in [1.807, 2.05) is 6.07 Å². The van der Waals surface area contributed by atoms with Crippen LogP contribution < -0.4 is 11.1 Å². The molecule has 2 aliphatic rings. The fourth-order valence-electron chi connectivity index (χ4n) is 3.01. The Morgan fingerprint density at radius 1 is 1.45 bits per heavy atom. The van der Waals surface area contributed by atoms with Gasteiger partial charge in [-0.3, -0.25) is 0 Å². The van der Waals surface area contributed by atoms with E-state index < -0.39 is 5.67 Å². The van der Waals surface area contributed by atoms with E-state index in [-0.39, 0.29) is 5.41 Å². The zero-order chi connectivity index (χ0) is 14.4. The van der Waals surface area contributed by atoms with Crippen LogP contribution in [0.5, 0.6) is 0 Å². The molecular weight excluding hydrogens is 251 g/mol. The predicted molar refractivity (Wildman–Crippen MR) is 82.3 cm³/mol. The van der Waals surface area contributed by atoms with Crippen molar-refractivity contribution in [2.45, 2.75) is 38.8 Å². The first-order valence-corrected chi connectivity index (χ1v) is 7.43. The highest BCUT2D eigenvalue weighted by atomic mass is 19.1. The molecule has 0 bridgehead atoms. The molecule has 2 fully saturated rings. The summed E-state index contributed by atoms with van der Waals surface area (Å²) in [5.74, 6) is 0. The van der Waals surface area contributed by atoms with Crippen LogP contribution >= 0.6 is 0 Å². The second-order valence-corrected chi connectivity index (χ2v) is 6.51. The van der Waals surface area contributed by atoms with Crippen LogP contribution in [0.15, 0.2) is 23.8 Å². The van der Waals surface area contributed by atoms with Gasteiger partial charge in [-0.15, -0.1) is 0 Å². The van der Waals surface area contributed by atoms with Crippen molar-refractivity contribution in [3.8, 4) is 0 Å². The molecule has 2 nitrogen and oxygen atoms in total. The van der Waals surface area contributed by atoms with Gasteiger partial charge in [-0.05, 0) is 43.4 Å². The number of nitrogens with two attached hydrogens (primary N) is 1. The van der Waals surface area contributed by atoms with Gasteiger partial charge in [0.25, 0.3) is 0 Å². The molecule has 3 heteroatoms. The Hall–Kier alpha value is -1.35. The summed E-state index contributed by atoms with van der Waals surface area (Å²) in [5, 5.41) is 3.37. The molecule has 0 atom stereocenters. The Morgan fingerprint density at radius 2 is 2.15 bits per heavy atom. The molecule has 0 heterocycles. The molecule has 0 radical (unpaired) electrons. The summed E-state index contributed by atoms with van der Waals surface area (Å²) < 4.78 is 13.5. The van der Waals surface area contributed by atoms with E-state index in [9.17, 15) is 4.39 Å². The largest absolute Gasteiger partial charge is 0.398 e. The molecule has 2 aliphatic carbocycles. The SMILES string of the molecule is CCc1ccc(/C=C(\C)CNCC23CC2(F)C3)c(N)c1. The Morgan fingerprint density at radius 3 is 2.70 bits per heavy atom. The molecule has 0 aliphatic heterocycles. The normalized spacial score (nSPS) is 31.1. The average Bonchev–Trinajstić information content (AvgIpc) is 3.16. The number of nitrogen functional groups attached to an aromatic ring is 1. The van der Waals surface area contributed by atoms with E-state index in [4.69, 9.17) is 5.73 Å². The molecule has 1 aromatic rings. The Labute approximate surface area is 120 Å². The molecule has 0 amide bonds. The third kappa shape index (κ3) is 2.35. The number of anilines is 1. The number of aryl methyl sites for hydroxylation is 1. The molecule has 0 spiro atoms. The summed E-state index contributed by atoms with van der Waals surface area (Å²) in [6.07, 6.45) is 4.64. The van der Waals surface area contributed by atoms with Crippen LogP contribution in [0.25, 0.3) is 6.08 Å². The minimum absolute atomic E-state index is 0.00901. The average molecular weight is 274 g/mol. The van der Waals surface area contributed by atoms with Crippen LogP contribution in [0.4, 0.5) is 10.1 Å². The Kier molecular flexibility index (Phi) is 3.13. The maximum absolute atomic E-state index is 13.5. The maximum Gasteiger partial charge on any atom is 0.119 e. The second kappa shape index (κ2) is 4.59. The summed E-state index contributed by atoms with van der Waals surface area (Å²) in [7, 11) is 0. The third-order valence-electron chi connectivity index (χ3n) is 4.77. The summed E-state index contributed by atoms with van der Waals surface area (Å²) in [6.45, 7) is 5.81. The van der Waals surface area contributed by atoms with Crippen molar-refractivity contribution in [3.05, 3.63) is 34.9 Å². The first-order valence-electron chi connectivity index (χ1n) is 7.43. The van der Waals surface area contributed by atoms with Crippen LogP contribution in [-0.4, -0.2) is 18.8 Å². The quantitative estimate of drug-likeness (QED) is 0.781. The fraction of sp³-hybridized carbons (Fsp3) is 0.529. The third-order valence-corrected chi connectivity index (χ3v) is 4.77. The van der Waals surface area contributed by atoms with Crippen LogP contribution in [0.3, 0.4) is 0 Å². The zero-order valence-electron chi connectivity index (χ0n) is 12.3. The van der Waals surface area contributed by atoms with Crippen molar-refractivity contribution in [1.29, 1.82) is 0 Å². The topological polar surface area (TPSA) is 38.0 Å². The molecule has 0 saturated heterocycles. The molecule has 108 valence electrons. The number of rotatable bonds is 6.